The van der Waals surface area contributed by atoms with E-state index < -0.39 is 0 Å². The Kier molecular flexibility index (Phi) is 5.91. The number of hydrogen-bond acceptors (Lipinski definition) is 3. The second kappa shape index (κ2) is 7.99. The van der Waals surface area contributed by atoms with Crippen LogP contribution in [0.5, 0.6) is 5.75 Å². The third-order valence-electron chi connectivity index (χ3n) is 5.79. The summed E-state index contributed by atoms with van der Waals surface area (Å²) in [5.41, 5.74) is 1.39. The van der Waals surface area contributed by atoms with Crippen LogP contribution in [0.3, 0.4) is 0 Å². The first-order chi connectivity index (χ1) is 12.4. The summed E-state index contributed by atoms with van der Waals surface area (Å²) in [5.74, 6) is 1.33. The first-order valence-corrected chi connectivity index (χ1v) is 10.2. The molecule has 1 aliphatic carbocycles. The Morgan fingerprint density at radius 1 is 1.23 bits per heavy atom. The predicted octanol–water partition coefficient (Wildman–Crippen LogP) is 3.99. The summed E-state index contributed by atoms with van der Waals surface area (Å²) in [7, 11) is 0. The van der Waals surface area contributed by atoms with Gasteiger partial charge in [0.1, 0.15) is 5.75 Å². The van der Waals surface area contributed by atoms with Crippen LogP contribution in [0.1, 0.15) is 58.9 Å². The van der Waals surface area contributed by atoms with E-state index in [1.165, 1.54) is 31.2 Å². The Hall–Kier alpha value is -1.55. The number of rotatable bonds is 6. The maximum absolute atomic E-state index is 12.9. The molecule has 1 unspecified atom stereocenters. The van der Waals surface area contributed by atoms with E-state index in [4.69, 9.17) is 4.74 Å². The highest BCUT2D eigenvalue weighted by Gasteiger charge is 2.51. The third kappa shape index (κ3) is 4.22. The summed E-state index contributed by atoms with van der Waals surface area (Å²) < 4.78 is 5.99. The van der Waals surface area contributed by atoms with Gasteiger partial charge in [-0.3, -0.25) is 9.69 Å². The van der Waals surface area contributed by atoms with Crippen molar-refractivity contribution < 1.29 is 9.53 Å². The van der Waals surface area contributed by atoms with E-state index in [9.17, 15) is 4.79 Å². The maximum atomic E-state index is 12.9. The maximum Gasteiger partial charge on any atom is 0.225 e. The Balaban J connectivity index is 1.75. The van der Waals surface area contributed by atoms with Gasteiger partial charge in [-0.2, -0.15) is 0 Å². The zero-order valence-electron chi connectivity index (χ0n) is 16.8. The van der Waals surface area contributed by atoms with Crippen LogP contribution < -0.4 is 10.1 Å². The fourth-order valence-corrected chi connectivity index (χ4v) is 4.77. The molecule has 0 aromatic heterocycles. The number of nitrogens with one attached hydrogen (secondary N) is 1. The number of amides is 1. The zero-order valence-corrected chi connectivity index (χ0v) is 16.8. The fourth-order valence-electron chi connectivity index (χ4n) is 4.77. The van der Waals surface area contributed by atoms with Gasteiger partial charge in [-0.25, -0.2) is 0 Å². The summed E-state index contributed by atoms with van der Waals surface area (Å²) in [5, 5.41) is 3.17. The summed E-state index contributed by atoms with van der Waals surface area (Å²) >= 11 is 0. The third-order valence-corrected chi connectivity index (χ3v) is 5.79. The zero-order chi connectivity index (χ0) is 18.7. The van der Waals surface area contributed by atoms with Crippen LogP contribution in [0.25, 0.3) is 0 Å². The van der Waals surface area contributed by atoms with Gasteiger partial charge in [0.15, 0.2) is 0 Å². The molecule has 1 spiro atoms. The van der Waals surface area contributed by atoms with Crippen molar-refractivity contribution in [2.75, 3.05) is 13.1 Å². The molecule has 2 fully saturated rings. The lowest BCUT2D eigenvalue weighted by Gasteiger charge is -2.29. The molecule has 4 nitrogen and oxygen atoms in total. The molecule has 0 radical (unpaired) electrons. The van der Waals surface area contributed by atoms with Crippen molar-refractivity contribution in [1.82, 2.24) is 10.2 Å². The number of benzene rings is 1. The van der Waals surface area contributed by atoms with Crippen LogP contribution in [0.4, 0.5) is 0 Å². The first kappa shape index (κ1) is 19.2. The van der Waals surface area contributed by atoms with Crippen LogP contribution >= 0.6 is 0 Å². The van der Waals surface area contributed by atoms with E-state index >= 15 is 0 Å². The Bertz CT molecular complexity index is 620. The lowest BCUT2D eigenvalue weighted by Crippen LogP contribution is -2.42. The molecule has 1 aromatic carbocycles. The SMILES string of the molecule is CC(C)NC(=O)C1CN(Cc2ccccc2OC(C)C)CC12CCCC2. The van der Waals surface area contributed by atoms with Crippen molar-refractivity contribution in [3.63, 3.8) is 0 Å². The lowest BCUT2D eigenvalue weighted by molar-refractivity contribution is -0.128. The highest BCUT2D eigenvalue weighted by atomic mass is 16.5. The predicted molar refractivity (Wildman–Crippen MR) is 105 cm³/mol. The second-order valence-corrected chi connectivity index (χ2v) is 8.73. The standard InChI is InChI=1S/C22H34N2O2/c1-16(2)23-21(25)19-14-24(15-22(19)11-7-8-12-22)13-18-9-5-6-10-20(18)26-17(3)4/h5-6,9-10,16-17,19H,7-8,11-15H2,1-4H3,(H,23,25). The molecule has 26 heavy (non-hydrogen) atoms. The summed E-state index contributed by atoms with van der Waals surface area (Å²) in [6.45, 7) is 11.0. The highest BCUT2D eigenvalue weighted by molar-refractivity contribution is 5.80. The van der Waals surface area contributed by atoms with E-state index in [1.54, 1.807) is 0 Å². The largest absolute Gasteiger partial charge is 0.491 e. The summed E-state index contributed by atoms with van der Waals surface area (Å²) in [6.07, 6.45) is 5.05. The molecule has 1 saturated carbocycles. The van der Waals surface area contributed by atoms with Gasteiger partial charge in [-0.1, -0.05) is 31.0 Å². The Morgan fingerprint density at radius 2 is 1.92 bits per heavy atom. The monoisotopic (exact) mass is 358 g/mol. The minimum Gasteiger partial charge on any atom is -0.491 e. The van der Waals surface area contributed by atoms with E-state index in [-0.39, 0.29) is 29.4 Å². The van der Waals surface area contributed by atoms with Gasteiger partial charge in [0.05, 0.1) is 12.0 Å². The molecule has 1 heterocycles. The average Bonchev–Trinajstić information content (AvgIpc) is 3.16. The van der Waals surface area contributed by atoms with Crippen molar-refractivity contribution >= 4 is 5.91 Å². The number of para-hydroxylation sites is 1. The quantitative estimate of drug-likeness (QED) is 0.836. The molecule has 1 aromatic rings. The van der Waals surface area contributed by atoms with Gasteiger partial charge in [0.25, 0.3) is 0 Å². The molecular weight excluding hydrogens is 324 g/mol. The summed E-state index contributed by atoms with van der Waals surface area (Å²) in [6, 6.07) is 8.52. The molecular formula is C22H34N2O2. The smallest absolute Gasteiger partial charge is 0.225 e. The van der Waals surface area contributed by atoms with E-state index in [1.807, 2.05) is 19.9 Å². The average molecular weight is 359 g/mol. The molecule has 0 bridgehead atoms. The topological polar surface area (TPSA) is 41.6 Å². The fraction of sp³-hybridized carbons (Fsp3) is 0.682. The number of ether oxygens (including phenoxy) is 1. The Morgan fingerprint density at radius 3 is 2.58 bits per heavy atom. The normalized spacial score (nSPS) is 22.5. The lowest BCUT2D eigenvalue weighted by atomic mass is 9.76. The van der Waals surface area contributed by atoms with Crippen molar-refractivity contribution in [1.29, 1.82) is 0 Å². The van der Waals surface area contributed by atoms with Gasteiger partial charge in [0.2, 0.25) is 5.91 Å². The number of hydrogen-bond donors (Lipinski definition) is 1. The molecule has 1 aliphatic heterocycles. The second-order valence-electron chi connectivity index (χ2n) is 8.73. The Labute approximate surface area is 158 Å². The van der Waals surface area contributed by atoms with Crippen LogP contribution in [-0.4, -0.2) is 36.0 Å². The van der Waals surface area contributed by atoms with Crippen LogP contribution in [0.15, 0.2) is 24.3 Å². The van der Waals surface area contributed by atoms with Crippen molar-refractivity contribution in [3.05, 3.63) is 29.8 Å². The number of carbonyl (C=O) groups is 1. The molecule has 1 N–H and O–H groups in total. The van der Waals surface area contributed by atoms with Gasteiger partial charge < -0.3 is 10.1 Å². The van der Waals surface area contributed by atoms with Crippen molar-refractivity contribution in [2.45, 2.75) is 72.1 Å². The van der Waals surface area contributed by atoms with E-state index in [0.29, 0.717) is 0 Å². The molecule has 2 aliphatic rings. The molecule has 1 amide bonds. The molecule has 1 atom stereocenters. The van der Waals surface area contributed by atoms with Gasteiger partial charge in [-0.05, 0) is 52.0 Å². The van der Waals surface area contributed by atoms with Gasteiger partial charge >= 0.3 is 0 Å². The van der Waals surface area contributed by atoms with Crippen molar-refractivity contribution in [2.24, 2.45) is 11.3 Å². The first-order valence-electron chi connectivity index (χ1n) is 10.2. The number of likely N-dealkylation sites (tertiary alicyclic amines) is 1. The number of carbonyl (C=O) groups excluding carboxylic acids is 1. The summed E-state index contributed by atoms with van der Waals surface area (Å²) in [4.78, 5) is 15.3. The molecule has 1 saturated heterocycles. The van der Waals surface area contributed by atoms with E-state index in [2.05, 4.69) is 42.3 Å². The molecule has 144 valence electrons. The number of nitrogens with zero attached hydrogens (tertiary/aromatic N) is 1. The van der Waals surface area contributed by atoms with Crippen LogP contribution in [0.2, 0.25) is 0 Å². The van der Waals surface area contributed by atoms with Crippen LogP contribution in [0, 0.1) is 11.3 Å². The van der Waals surface area contributed by atoms with Crippen LogP contribution in [-0.2, 0) is 11.3 Å². The van der Waals surface area contributed by atoms with E-state index in [0.717, 1.165) is 25.4 Å². The van der Waals surface area contributed by atoms with Gasteiger partial charge in [0, 0.05) is 31.2 Å². The minimum atomic E-state index is 0.116. The van der Waals surface area contributed by atoms with Gasteiger partial charge in [-0.15, -0.1) is 0 Å². The minimum absolute atomic E-state index is 0.116. The molecule has 4 heteroatoms. The highest BCUT2D eigenvalue weighted by Crippen LogP contribution is 2.49. The van der Waals surface area contributed by atoms with Crippen molar-refractivity contribution in [3.8, 4) is 5.75 Å². The molecule has 3 rings (SSSR count).